The van der Waals surface area contributed by atoms with Gasteiger partial charge in [0.25, 0.3) is 0 Å². The maximum Gasteiger partial charge on any atom is 0.220 e. The summed E-state index contributed by atoms with van der Waals surface area (Å²) in [6.07, 6.45) is 3.35. The van der Waals surface area contributed by atoms with Gasteiger partial charge in [0.15, 0.2) is 0 Å². The monoisotopic (exact) mass is 239 g/mol. The highest BCUT2D eigenvalue weighted by atomic mass is 16.3. The van der Waals surface area contributed by atoms with Crippen molar-refractivity contribution in [3.8, 4) is 0 Å². The fourth-order valence-corrected chi connectivity index (χ4v) is 1.51. The summed E-state index contributed by atoms with van der Waals surface area (Å²) in [6.45, 7) is 4.78. The summed E-state index contributed by atoms with van der Waals surface area (Å²) in [6, 6.07) is 3.68. The fourth-order valence-electron chi connectivity index (χ4n) is 1.51. The zero-order valence-electron chi connectivity index (χ0n) is 10.5. The van der Waals surface area contributed by atoms with Crippen molar-refractivity contribution in [2.24, 2.45) is 5.41 Å². The molecule has 1 heterocycles. The van der Waals surface area contributed by atoms with E-state index >= 15 is 0 Å². The number of hydrogen-bond acceptors (Lipinski definition) is 3. The summed E-state index contributed by atoms with van der Waals surface area (Å²) in [4.78, 5) is 11.6. The minimum Gasteiger partial charge on any atom is -0.469 e. The van der Waals surface area contributed by atoms with Crippen LogP contribution in [0.5, 0.6) is 0 Å². The van der Waals surface area contributed by atoms with Crippen LogP contribution >= 0.6 is 0 Å². The fraction of sp³-hybridized carbons (Fsp3) is 0.615. The molecule has 1 amide bonds. The first-order chi connectivity index (χ1) is 8.03. The van der Waals surface area contributed by atoms with Gasteiger partial charge in [-0.05, 0) is 24.0 Å². The number of aryl methyl sites for hydroxylation is 1. The van der Waals surface area contributed by atoms with Crippen LogP contribution in [-0.4, -0.2) is 24.2 Å². The number of aliphatic hydroxyl groups excluding tert-OH is 1. The van der Waals surface area contributed by atoms with Crippen LogP contribution in [0.3, 0.4) is 0 Å². The molecular formula is C13H21NO3. The molecule has 1 aromatic heterocycles. The predicted octanol–water partition coefficient (Wildman–Crippen LogP) is 1.74. The van der Waals surface area contributed by atoms with Gasteiger partial charge < -0.3 is 14.8 Å². The van der Waals surface area contributed by atoms with Gasteiger partial charge in [-0.15, -0.1) is 0 Å². The highest BCUT2D eigenvalue weighted by Crippen LogP contribution is 2.17. The summed E-state index contributed by atoms with van der Waals surface area (Å²) >= 11 is 0. The van der Waals surface area contributed by atoms with Gasteiger partial charge in [0, 0.05) is 26.0 Å². The molecule has 4 nitrogen and oxygen atoms in total. The zero-order chi connectivity index (χ0) is 12.7. The lowest BCUT2D eigenvalue weighted by Gasteiger charge is -2.23. The molecule has 0 fully saturated rings. The van der Waals surface area contributed by atoms with Gasteiger partial charge in [-0.25, -0.2) is 0 Å². The van der Waals surface area contributed by atoms with Crippen molar-refractivity contribution in [2.75, 3.05) is 13.2 Å². The normalized spacial score (nSPS) is 11.5. The quantitative estimate of drug-likeness (QED) is 0.761. The van der Waals surface area contributed by atoms with Crippen LogP contribution in [0.1, 0.15) is 32.4 Å². The van der Waals surface area contributed by atoms with Crippen molar-refractivity contribution >= 4 is 5.91 Å². The third kappa shape index (κ3) is 5.54. The Hall–Kier alpha value is -1.29. The minimum absolute atomic E-state index is 0.0208. The summed E-state index contributed by atoms with van der Waals surface area (Å²) in [5, 5.41) is 11.7. The van der Waals surface area contributed by atoms with Gasteiger partial charge in [-0.1, -0.05) is 13.8 Å². The van der Waals surface area contributed by atoms with Crippen LogP contribution in [0.25, 0.3) is 0 Å². The molecule has 96 valence electrons. The first kappa shape index (κ1) is 13.8. The number of hydrogen-bond donors (Lipinski definition) is 2. The van der Waals surface area contributed by atoms with Gasteiger partial charge >= 0.3 is 0 Å². The van der Waals surface area contributed by atoms with Gasteiger partial charge in [0.1, 0.15) is 5.76 Å². The first-order valence-corrected chi connectivity index (χ1v) is 5.93. The molecule has 0 aromatic carbocycles. The Bertz CT molecular complexity index is 330. The molecule has 0 saturated heterocycles. The average molecular weight is 239 g/mol. The second kappa shape index (κ2) is 6.45. The number of amides is 1. The Morgan fingerprint density at radius 1 is 1.53 bits per heavy atom. The molecule has 0 saturated carbocycles. The van der Waals surface area contributed by atoms with Crippen molar-refractivity contribution < 1.29 is 14.3 Å². The number of carbonyl (C=O) groups excluding carboxylic acids is 1. The highest BCUT2D eigenvalue weighted by Gasteiger charge is 2.17. The van der Waals surface area contributed by atoms with Gasteiger partial charge in [0.2, 0.25) is 5.91 Å². The van der Waals surface area contributed by atoms with Gasteiger partial charge in [0.05, 0.1) is 6.26 Å². The number of carbonyl (C=O) groups is 1. The first-order valence-electron chi connectivity index (χ1n) is 5.93. The molecule has 1 rings (SSSR count). The summed E-state index contributed by atoms with van der Waals surface area (Å²) in [5.74, 6) is 0.849. The zero-order valence-corrected chi connectivity index (χ0v) is 10.5. The van der Waals surface area contributed by atoms with E-state index in [1.165, 1.54) is 0 Å². The third-order valence-electron chi connectivity index (χ3n) is 2.73. The SMILES string of the molecule is CC(C)(CCO)CNC(=O)CCc1ccco1. The lowest BCUT2D eigenvalue weighted by atomic mass is 9.90. The van der Waals surface area contributed by atoms with Crippen LogP contribution in [0, 0.1) is 5.41 Å². The van der Waals surface area contributed by atoms with Gasteiger partial charge in [-0.3, -0.25) is 4.79 Å². The topological polar surface area (TPSA) is 62.5 Å². The Balaban J connectivity index is 2.21. The lowest BCUT2D eigenvalue weighted by molar-refractivity contribution is -0.121. The minimum atomic E-state index is -0.0604. The molecule has 1 aromatic rings. The standard InChI is InChI=1S/C13H21NO3/c1-13(2,7-8-15)10-14-12(16)6-5-11-4-3-9-17-11/h3-4,9,15H,5-8,10H2,1-2H3,(H,14,16). The highest BCUT2D eigenvalue weighted by molar-refractivity contribution is 5.76. The second-order valence-corrected chi connectivity index (χ2v) is 4.99. The lowest BCUT2D eigenvalue weighted by Crippen LogP contribution is -2.34. The molecule has 0 unspecified atom stereocenters. The van der Waals surface area contributed by atoms with E-state index in [2.05, 4.69) is 5.32 Å². The summed E-state index contributed by atoms with van der Waals surface area (Å²) in [7, 11) is 0. The van der Waals surface area contributed by atoms with E-state index in [0.29, 0.717) is 25.8 Å². The van der Waals surface area contributed by atoms with E-state index in [0.717, 1.165) is 5.76 Å². The molecule has 4 heteroatoms. The second-order valence-electron chi connectivity index (χ2n) is 4.99. The van der Waals surface area contributed by atoms with Crippen LogP contribution in [0.2, 0.25) is 0 Å². The summed E-state index contributed by atoms with van der Waals surface area (Å²) < 4.78 is 5.15. The Morgan fingerprint density at radius 2 is 2.29 bits per heavy atom. The maximum absolute atomic E-state index is 11.6. The molecule has 0 aliphatic heterocycles. The number of furan rings is 1. The Labute approximate surface area is 102 Å². The van der Waals surface area contributed by atoms with Crippen molar-refractivity contribution in [3.05, 3.63) is 24.2 Å². The molecule has 0 bridgehead atoms. The molecule has 0 radical (unpaired) electrons. The largest absolute Gasteiger partial charge is 0.469 e. The molecule has 0 aliphatic rings. The maximum atomic E-state index is 11.6. The van der Waals surface area contributed by atoms with Crippen molar-refractivity contribution in [2.45, 2.75) is 33.1 Å². The average Bonchev–Trinajstić information content (AvgIpc) is 2.76. The van der Waals surface area contributed by atoms with E-state index in [4.69, 9.17) is 9.52 Å². The molecular weight excluding hydrogens is 218 g/mol. The van der Waals surface area contributed by atoms with Crippen molar-refractivity contribution in [1.29, 1.82) is 0 Å². The molecule has 17 heavy (non-hydrogen) atoms. The number of rotatable bonds is 7. The van der Waals surface area contributed by atoms with Gasteiger partial charge in [-0.2, -0.15) is 0 Å². The van der Waals surface area contributed by atoms with Crippen LogP contribution in [0.4, 0.5) is 0 Å². The molecule has 2 N–H and O–H groups in total. The van der Waals surface area contributed by atoms with E-state index < -0.39 is 0 Å². The van der Waals surface area contributed by atoms with E-state index in [9.17, 15) is 4.79 Å². The van der Waals surface area contributed by atoms with Crippen LogP contribution in [0.15, 0.2) is 22.8 Å². The smallest absolute Gasteiger partial charge is 0.220 e. The Morgan fingerprint density at radius 3 is 2.88 bits per heavy atom. The molecule has 0 spiro atoms. The van der Waals surface area contributed by atoms with Crippen LogP contribution < -0.4 is 5.32 Å². The third-order valence-corrected chi connectivity index (χ3v) is 2.73. The number of aliphatic hydroxyl groups is 1. The molecule has 0 atom stereocenters. The van der Waals surface area contributed by atoms with Crippen molar-refractivity contribution in [3.63, 3.8) is 0 Å². The van der Waals surface area contributed by atoms with E-state index in [-0.39, 0.29) is 17.9 Å². The summed E-state index contributed by atoms with van der Waals surface area (Å²) in [5.41, 5.74) is -0.0604. The number of nitrogens with one attached hydrogen (secondary N) is 1. The predicted molar refractivity (Wildman–Crippen MR) is 65.5 cm³/mol. The van der Waals surface area contributed by atoms with Crippen LogP contribution in [-0.2, 0) is 11.2 Å². The van der Waals surface area contributed by atoms with E-state index in [1.807, 2.05) is 26.0 Å². The van der Waals surface area contributed by atoms with Crippen molar-refractivity contribution in [1.82, 2.24) is 5.32 Å². The Kier molecular flexibility index (Phi) is 5.22. The molecule has 0 aliphatic carbocycles. The van der Waals surface area contributed by atoms with E-state index in [1.54, 1.807) is 6.26 Å².